The fraction of sp³-hybridized carbons (Fsp3) is 0.455. The summed E-state index contributed by atoms with van der Waals surface area (Å²) in [5.41, 5.74) is 0.220. The molecule has 0 heterocycles. The predicted molar refractivity (Wildman–Crippen MR) is 57.2 cm³/mol. The maximum atomic E-state index is 12.9. The second kappa shape index (κ2) is 4.92. The molecule has 0 fully saturated rings. The highest BCUT2D eigenvalue weighted by molar-refractivity contribution is 6.31. The van der Waals surface area contributed by atoms with Gasteiger partial charge in [-0.2, -0.15) is 0 Å². The third-order valence-electron chi connectivity index (χ3n) is 2.28. The van der Waals surface area contributed by atoms with Gasteiger partial charge in [0.15, 0.2) is 0 Å². The van der Waals surface area contributed by atoms with E-state index in [0.717, 1.165) is 6.07 Å². The van der Waals surface area contributed by atoms with Crippen LogP contribution in [0, 0.1) is 11.7 Å². The molecule has 0 amide bonds. The average Bonchev–Trinajstić information content (AvgIpc) is 2.19. The van der Waals surface area contributed by atoms with E-state index in [0.29, 0.717) is 0 Å². The van der Waals surface area contributed by atoms with Crippen molar-refractivity contribution in [1.29, 1.82) is 0 Å². The number of hydrogen-bond donors (Lipinski definition) is 2. The Bertz CT molecular complexity index is 341. The van der Waals surface area contributed by atoms with Crippen LogP contribution >= 0.6 is 11.6 Å². The van der Waals surface area contributed by atoms with Crippen LogP contribution in [-0.2, 0) is 0 Å². The summed E-state index contributed by atoms with van der Waals surface area (Å²) in [5.74, 6) is -0.608. The Balaban J connectivity index is 2.99. The fourth-order valence-electron chi connectivity index (χ4n) is 1.29. The molecule has 0 saturated carbocycles. The van der Waals surface area contributed by atoms with Crippen molar-refractivity contribution in [3.63, 3.8) is 0 Å². The van der Waals surface area contributed by atoms with Crippen LogP contribution in [0.3, 0.4) is 0 Å². The van der Waals surface area contributed by atoms with Crippen LogP contribution in [0.15, 0.2) is 18.2 Å². The highest BCUT2D eigenvalue weighted by atomic mass is 35.5. The molecular weight excluding hydrogens is 219 g/mol. The summed E-state index contributed by atoms with van der Waals surface area (Å²) in [4.78, 5) is 0. The van der Waals surface area contributed by atoms with E-state index in [1.807, 2.05) is 0 Å². The SMILES string of the molecule is CC(C)C(O)C(O)c1cc(F)ccc1Cl. The summed E-state index contributed by atoms with van der Waals surface area (Å²) in [6.07, 6.45) is -2.11. The van der Waals surface area contributed by atoms with Crippen LogP contribution in [0.4, 0.5) is 4.39 Å². The number of halogens is 2. The van der Waals surface area contributed by atoms with E-state index in [1.165, 1.54) is 12.1 Å². The van der Waals surface area contributed by atoms with Gasteiger partial charge in [-0.3, -0.25) is 0 Å². The smallest absolute Gasteiger partial charge is 0.123 e. The first kappa shape index (κ1) is 12.4. The Hall–Kier alpha value is -0.640. The molecule has 0 bridgehead atoms. The van der Waals surface area contributed by atoms with Crippen molar-refractivity contribution in [1.82, 2.24) is 0 Å². The molecule has 0 radical (unpaired) electrons. The molecule has 1 aromatic rings. The molecule has 84 valence electrons. The second-order valence-corrected chi connectivity index (χ2v) is 4.25. The summed E-state index contributed by atoms with van der Waals surface area (Å²) >= 11 is 5.80. The van der Waals surface area contributed by atoms with Crippen LogP contribution in [0.2, 0.25) is 5.02 Å². The van der Waals surface area contributed by atoms with E-state index in [1.54, 1.807) is 13.8 Å². The molecule has 0 spiro atoms. The van der Waals surface area contributed by atoms with Crippen molar-refractivity contribution in [2.45, 2.75) is 26.1 Å². The van der Waals surface area contributed by atoms with Gasteiger partial charge in [0.2, 0.25) is 0 Å². The zero-order valence-corrected chi connectivity index (χ0v) is 9.37. The Kier molecular flexibility index (Phi) is 4.08. The van der Waals surface area contributed by atoms with E-state index < -0.39 is 18.0 Å². The maximum absolute atomic E-state index is 12.9. The summed E-state index contributed by atoms with van der Waals surface area (Å²) in [6, 6.07) is 3.71. The Morgan fingerprint density at radius 3 is 2.40 bits per heavy atom. The van der Waals surface area contributed by atoms with Gasteiger partial charge in [0.1, 0.15) is 11.9 Å². The van der Waals surface area contributed by atoms with Gasteiger partial charge in [-0.1, -0.05) is 25.4 Å². The molecule has 0 aromatic heterocycles. The third-order valence-corrected chi connectivity index (χ3v) is 2.63. The molecule has 4 heteroatoms. The van der Waals surface area contributed by atoms with Gasteiger partial charge in [-0.25, -0.2) is 4.39 Å². The lowest BCUT2D eigenvalue weighted by atomic mass is 9.96. The quantitative estimate of drug-likeness (QED) is 0.841. The Morgan fingerprint density at radius 1 is 1.27 bits per heavy atom. The van der Waals surface area contributed by atoms with Crippen molar-refractivity contribution in [2.75, 3.05) is 0 Å². The van der Waals surface area contributed by atoms with Crippen molar-refractivity contribution in [3.8, 4) is 0 Å². The standard InChI is InChI=1S/C11H14ClFO2/c1-6(2)10(14)11(15)8-5-7(13)3-4-9(8)12/h3-6,10-11,14-15H,1-2H3. The minimum absolute atomic E-state index is 0.126. The highest BCUT2D eigenvalue weighted by Crippen LogP contribution is 2.28. The van der Waals surface area contributed by atoms with Gasteiger partial charge < -0.3 is 10.2 Å². The number of aliphatic hydroxyl groups excluding tert-OH is 2. The first-order valence-electron chi connectivity index (χ1n) is 4.74. The summed E-state index contributed by atoms with van der Waals surface area (Å²) < 4.78 is 12.9. The number of aliphatic hydroxyl groups is 2. The lowest BCUT2D eigenvalue weighted by Gasteiger charge is -2.22. The van der Waals surface area contributed by atoms with E-state index >= 15 is 0 Å². The molecular formula is C11H14ClFO2. The lowest BCUT2D eigenvalue weighted by molar-refractivity contribution is -0.00947. The molecule has 2 nitrogen and oxygen atoms in total. The zero-order valence-electron chi connectivity index (χ0n) is 8.61. The van der Waals surface area contributed by atoms with Gasteiger partial charge in [-0.05, 0) is 24.1 Å². The molecule has 2 atom stereocenters. The summed E-state index contributed by atoms with van der Waals surface area (Å²) in [7, 11) is 0. The van der Waals surface area contributed by atoms with E-state index in [-0.39, 0.29) is 16.5 Å². The molecule has 0 saturated heterocycles. The van der Waals surface area contributed by atoms with Crippen molar-refractivity contribution in [3.05, 3.63) is 34.6 Å². The summed E-state index contributed by atoms with van der Waals surface area (Å²) in [5, 5.41) is 19.6. The predicted octanol–water partition coefficient (Wildman–Crippen LogP) is 2.53. The summed E-state index contributed by atoms with van der Waals surface area (Å²) in [6.45, 7) is 3.53. The van der Waals surface area contributed by atoms with Crippen LogP contribution in [0.25, 0.3) is 0 Å². The monoisotopic (exact) mass is 232 g/mol. The molecule has 0 aliphatic heterocycles. The highest BCUT2D eigenvalue weighted by Gasteiger charge is 2.23. The van der Waals surface area contributed by atoms with Gasteiger partial charge >= 0.3 is 0 Å². The third kappa shape index (κ3) is 2.91. The van der Waals surface area contributed by atoms with Crippen LogP contribution in [0.1, 0.15) is 25.5 Å². The van der Waals surface area contributed by atoms with Crippen LogP contribution in [-0.4, -0.2) is 16.3 Å². The van der Waals surface area contributed by atoms with Gasteiger partial charge in [-0.15, -0.1) is 0 Å². The van der Waals surface area contributed by atoms with E-state index in [4.69, 9.17) is 11.6 Å². The Labute approximate surface area is 93.3 Å². The van der Waals surface area contributed by atoms with E-state index in [2.05, 4.69) is 0 Å². The molecule has 2 N–H and O–H groups in total. The van der Waals surface area contributed by atoms with Gasteiger partial charge in [0.25, 0.3) is 0 Å². The zero-order chi connectivity index (χ0) is 11.6. The van der Waals surface area contributed by atoms with Gasteiger partial charge in [0.05, 0.1) is 6.10 Å². The minimum Gasteiger partial charge on any atom is -0.390 e. The van der Waals surface area contributed by atoms with Gasteiger partial charge in [0, 0.05) is 10.6 Å². The Morgan fingerprint density at radius 2 is 1.87 bits per heavy atom. The first-order valence-corrected chi connectivity index (χ1v) is 5.12. The molecule has 0 aliphatic carbocycles. The van der Waals surface area contributed by atoms with Crippen molar-refractivity contribution in [2.24, 2.45) is 5.92 Å². The molecule has 0 aliphatic rings. The maximum Gasteiger partial charge on any atom is 0.123 e. The molecule has 1 aromatic carbocycles. The number of benzene rings is 1. The first-order chi connectivity index (χ1) is 6.93. The van der Waals surface area contributed by atoms with Crippen molar-refractivity contribution >= 4 is 11.6 Å². The molecule has 2 unspecified atom stereocenters. The lowest BCUT2D eigenvalue weighted by Crippen LogP contribution is -2.24. The molecule has 1 rings (SSSR count). The molecule has 15 heavy (non-hydrogen) atoms. The largest absolute Gasteiger partial charge is 0.390 e. The number of hydrogen-bond acceptors (Lipinski definition) is 2. The van der Waals surface area contributed by atoms with Crippen molar-refractivity contribution < 1.29 is 14.6 Å². The fourth-order valence-corrected chi connectivity index (χ4v) is 1.52. The second-order valence-electron chi connectivity index (χ2n) is 3.85. The van der Waals surface area contributed by atoms with Crippen LogP contribution < -0.4 is 0 Å². The normalized spacial score (nSPS) is 15.4. The van der Waals surface area contributed by atoms with E-state index in [9.17, 15) is 14.6 Å². The number of rotatable bonds is 3. The topological polar surface area (TPSA) is 40.5 Å². The minimum atomic E-state index is -1.16. The van der Waals surface area contributed by atoms with Crippen LogP contribution in [0.5, 0.6) is 0 Å². The average molecular weight is 233 g/mol.